The molecule has 0 aromatic heterocycles. The molecule has 0 aliphatic rings. The lowest BCUT2D eigenvalue weighted by Gasteiger charge is -2.06. The quantitative estimate of drug-likeness (QED) is 0.421. The third kappa shape index (κ3) is 5.40. The molecular formula is C16H14ClIN2O3. The zero-order valence-corrected chi connectivity index (χ0v) is 15.1. The van der Waals surface area contributed by atoms with Crippen LogP contribution in [0.4, 0.5) is 0 Å². The summed E-state index contributed by atoms with van der Waals surface area (Å²) in [5.41, 5.74) is 4.02. The summed E-state index contributed by atoms with van der Waals surface area (Å²) in [5.74, 6) is 0.403. The molecule has 0 bridgehead atoms. The summed E-state index contributed by atoms with van der Waals surface area (Å²) in [5, 5.41) is 13.9. The second-order valence-electron chi connectivity index (χ2n) is 4.70. The van der Waals surface area contributed by atoms with Crippen molar-refractivity contribution >= 4 is 46.3 Å². The molecule has 0 saturated heterocycles. The van der Waals surface area contributed by atoms with Gasteiger partial charge in [-0.3, -0.25) is 4.79 Å². The molecule has 0 aliphatic carbocycles. The Balaban J connectivity index is 1.83. The van der Waals surface area contributed by atoms with Crippen LogP contribution in [0.1, 0.15) is 11.1 Å². The molecule has 7 heteroatoms. The number of carbonyl (C=O) groups is 1. The molecule has 0 unspecified atom stereocenters. The van der Waals surface area contributed by atoms with Crippen molar-refractivity contribution in [1.29, 1.82) is 0 Å². The lowest BCUT2D eigenvalue weighted by Crippen LogP contribution is -2.24. The number of hydrogen-bond acceptors (Lipinski definition) is 4. The van der Waals surface area contributed by atoms with E-state index in [1.807, 2.05) is 29.5 Å². The normalized spacial score (nSPS) is 10.7. The van der Waals surface area contributed by atoms with E-state index in [2.05, 4.69) is 10.5 Å². The maximum Gasteiger partial charge on any atom is 0.277 e. The van der Waals surface area contributed by atoms with Gasteiger partial charge < -0.3 is 9.84 Å². The van der Waals surface area contributed by atoms with Gasteiger partial charge in [0.2, 0.25) is 0 Å². The van der Waals surface area contributed by atoms with Crippen LogP contribution in [-0.4, -0.2) is 23.8 Å². The molecule has 2 rings (SSSR count). The maximum absolute atomic E-state index is 11.7. The number of aryl methyl sites for hydroxylation is 1. The van der Waals surface area contributed by atoms with Crippen molar-refractivity contribution < 1.29 is 14.6 Å². The fraction of sp³-hybridized carbons (Fsp3) is 0.125. The van der Waals surface area contributed by atoms with Crippen LogP contribution in [0, 0.1) is 10.5 Å². The lowest BCUT2D eigenvalue weighted by atomic mass is 10.2. The van der Waals surface area contributed by atoms with Crippen molar-refractivity contribution in [2.45, 2.75) is 6.92 Å². The number of ether oxygens (including phenoxy) is 1. The van der Waals surface area contributed by atoms with Gasteiger partial charge in [-0.05, 0) is 77.0 Å². The summed E-state index contributed by atoms with van der Waals surface area (Å²) in [6, 6.07) is 10.2. The first-order chi connectivity index (χ1) is 11.0. The highest BCUT2D eigenvalue weighted by Gasteiger charge is 2.03. The van der Waals surface area contributed by atoms with Gasteiger partial charge in [-0.2, -0.15) is 5.10 Å². The Labute approximate surface area is 152 Å². The summed E-state index contributed by atoms with van der Waals surface area (Å²) < 4.78 is 6.07. The van der Waals surface area contributed by atoms with Crippen LogP contribution in [-0.2, 0) is 4.79 Å². The Morgan fingerprint density at radius 2 is 2.17 bits per heavy atom. The van der Waals surface area contributed by atoms with E-state index >= 15 is 0 Å². The van der Waals surface area contributed by atoms with E-state index in [9.17, 15) is 9.90 Å². The minimum Gasteiger partial charge on any atom is -0.507 e. The van der Waals surface area contributed by atoms with Crippen molar-refractivity contribution in [3.8, 4) is 11.5 Å². The maximum atomic E-state index is 11.7. The Hall–Kier alpha value is -1.80. The summed E-state index contributed by atoms with van der Waals surface area (Å²) >= 11 is 7.93. The van der Waals surface area contributed by atoms with Gasteiger partial charge in [0.1, 0.15) is 11.5 Å². The van der Waals surface area contributed by atoms with Crippen LogP contribution >= 0.6 is 34.2 Å². The number of aromatic hydroxyl groups is 1. The Bertz CT molecular complexity index is 750. The van der Waals surface area contributed by atoms with Crippen LogP contribution < -0.4 is 10.2 Å². The molecule has 5 nitrogen and oxygen atoms in total. The number of hydrazone groups is 1. The number of hydrogen-bond donors (Lipinski definition) is 2. The molecule has 0 radical (unpaired) electrons. The molecule has 0 saturated carbocycles. The number of nitrogens with zero attached hydrogens (tertiary/aromatic N) is 1. The van der Waals surface area contributed by atoms with E-state index < -0.39 is 0 Å². The predicted octanol–water partition coefficient (Wildman–Crippen LogP) is 3.49. The molecule has 0 aliphatic heterocycles. The van der Waals surface area contributed by atoms with Crippen molar-refractivity contribution in [3.63, 3.8) is 0 Å². The highest BCUT2D eigenvalue weighted by molar-refractivity contribution is 14.1. The van der Waals surface area contributed by atoms with Gasteiger partial charge in [0.25, 0.3) is 5.91 Å². The van der Waals surface area contributed by atoms with Gasteiger partial charge >= 0.3 is 0 Å². The lowest BCUT2D eigenvalue weighted by molar-refractivity contribution is -0.123. The van der Waals surface area contributed by atoms with E-state index in [4.69, 9.17) is 16.3 Å². The Morgan fingerprint density at radius 1 is 1.39 bits per heavy atom. The highest BCUT2D eigenvalue weighted by atomic mass is 127. The third-order valence-electron chi connectivity index (χ3n) is 2.87. The van der Waals surface area contributed by atoms with E-state index in [-0.39, 0.29) is 18.3 Å². The topological polar surface area (TPSA) is 70.9 Å². The van der Waals surface area contributed by atoms with Crippen LogP contribution in [0.3, 0.4) is 0 Å². The van der Waals surface area contributed by atoms with Gasteiger partial charge in [0.15, 0.2) is 6.61 Å². The van der Waals surface area contributed by atoms with Gasteiger partial charge in [0.05, 0.1) is 9.78 Å². The van der Waals surface area contributed by atoms with Gasteiger partial charge in [-0.25, -0.2) is 5.43 Å². The number of phenolic OH excluding ortho intramolecular Hbond substituents is 1. The summed E-state index contributed by atoms with van der Waals surface area (Å²) in [7, 11) is 0. The first-order valence-electron chi connectivity index (χ1n) is 6.65. The number of halogens is 2. The third-order valence-corrected chi connectivity index (χ3v) is 4.16. The van der Waals surface area contributed by atoms with Gasteiger partial charge in [0, 0.05) is 5.02 Å². The number of amides is 1. The number of phenols is 1. The standard InChI is InChI=1S/C16H14ClIN2O3/c1-10-6-12(3-4-13(10)17)23-9-16(22)20-19-8-11-2-5-15(21)14(18)7-11/h2-8,21H,9H2,1H3,(H,20,22)/b19-8-. The molecule has 0 spiro atoms. The molecule has 0 heterocycles. The molecule has 2 aromatic rings. The number of benzene rings is 2. The van der Waals surface area contributed by atoms with Crippen molar-refractivity contribution in [1.82, 2.24) is 5.43 Å². The summed E-state index contributed by atoms with van der Waals surface area (Å²) in [4.78, 5) is 11.7. The number of nitrogens with one attached hydrogen (secondary N) is 1. The number of rotatable bonds is 5. The van der Waals surface area contributed by atoms with Gasteiger partial charge in [-0.15, -0.1) is 0 Å². The fourth-order valence-electron chi connectivity index (χ4n) is 1.67. The zero-order chi connectivity index (χ0) is 16.8. The summed E-state index contributed by atoms with van der Waals surface area (Å²) in [6.45, 7) is 1.71. The van der Waals surface area contributed by atoms with Crippen LogP contribution in [0.5, 0.6) is 11.5 Å². The van der Waals surface area contributed by atoms with E-state index in [0.717, 1.165) is 11.1 Å². The predicted molar refractivity (Wildman–Crippen MR) is 98.2 cm³/mol. The second kappa shape index (κ2) is 8.16. The Morgan fingerprint density at radius 3 is 2.87 bits per heavy atom. The minimum atomic E-state index is -0.373. The Kier molecular flexibility index (Phi) is 6.23. The minimum absolute atomic E-state index is 0.147. The van der Waals surface area contributed by atoms with E-state index in [1.165, 1.54) is 6.21 Å². The van der Waals surface area contributed by atoms with Crippen LogP contribution in [0.25, 0.3) is 0 Å². The average Bonchev–Trinajstić information content (AvgIpc) is 2.52. The smallest absolute Gasteiger partial charge is 0.277 e. The van der Waals surface area contributed by atoms with Crippen LogP contribution in [0.2, 0.25) is 5.02 Å². The van der Waals surface area contributed by atoms with Crippen molar-refractivity contribution in [2.75, 3.05) is 6.61 Å². The van der Waals surface area contributed by atoms with Crippen molar-refractivity contribution in [3.05, 3.63) is 56.1 Å². The monoisotopic (exact) mass is 444 g/mol. The van der Waals surface area contributed by atoms with E-state index in [1.54, 1.807) is 36.4 Å². The SMILES string of the molecule is Cc1cc(OCC(=O)N/N=C\c2ccc(O)c(I)c2)ccc1Cl. The van der Waals surface area contributed by atoms with Crippen molar-refractivity contribution in [2.24, 2.45) is 5.10 Å². The molecule has 0 atom stereocenters. The average molecular weight is 445 g/mol. The largest absolute Gasteiger partial charge is 0.507 e. The first kappa shape index (κ1) is 17.6. The van der Waals surface area contributed by atoms with Crippen LogP contribution in [0.15, 0.2) is 41.5 Å². The molecule has 23 heavy (non-hydrogen) atoms. The highest BCUT2D eigenvalue weighted by Crippen LogP contribution is 2.21. The molecule has 0 fully saturated rings. The second-order valence-corrected chi connectivity index (χ2v) is 6.27. The number of carbonyl (C=O) groups excluding carboxylic acids is 1. The fourth-order valence-corrected chi connectivity index (χ4v) is 2.33. The molecular weight excluding hydrogens is 431 g/mol. The molecule has 1 amide bonds. The molecule has 120 valence electrons. The zero-order valence-electron chi connectivity index (χ0n) is 12.2. The van der Waals surface area contributed by atoms with Gasteiger partial charge in [-0.1, -0.05) is 11.6 Å². The van der Waals surface area contributed by atoms with E-state index in [0.29, 0.717) is 14.3 Å². The summed E-state index contributed by atoms with van der Waals surface area (Å²) in [6.07, 6.45) is 1.49. The first-order valence-corrected chi connectivity index (χ1v) is 8.11. The molecule has 2 aromatic carbocycles. The molecule has 2 N–H and O–H groups in total.